The molecule has 0 aliphatic carbocycles. The molecule has 1 saturated heterocycles. The Labute approximate surface area is 134 Å². The van der Waals surface area contributed by atoms with Crippen LogP contribution in [0.2, 0.25) is 0 Å². The van der Waals surface area contributed by atoms with E-state index in [0.29, 0.717) is 12.6 Å². The zero-order chi connectivity index (χ0) is 16.2. The van der Waals surface area contributed by atoms with E-state index in [-0.39, 0.29) is 5.41 Å². The first kappa shape index (κ1) is 17.0. The summed E-state index contributed by atoms with van der Waals surface area (Å²) in [6.45, 7) is 9.61. The van der Waals surface area contributed by atoms with Crippen LogP contribution in [0.4, 0.5) is 0 Å². The monoisotopic (exact) mass is 300 g/mol. The zero-order valence-corrected chi connectivity index (χ0v) is 14.3. The number of aliphatic hydroxyl groups is 1. The van der Waals surface area contributed by atoms with Crippen molar-refractivity contribution < 1.29 is 5.11 Å². The van der Waals surface area contributed by atoms with Crippen molar-refractivity contribution in [2.45, 2.75) is 58.6 Å². The third-order valence-corrected chi connectivity index (χ3v) is 4.76. The Bertz CT molecular complexity index is 534. The number of nitrogens with zero attached hydrogens (tertiary/aromatic N) is 2. The number of rotatable bonds is 2. The topological polar surface area (TPSA) is 36.4 Å². The van der Waals surface area contributed by atoms with Crippen LogP contribution < -0.4 is 0 Å². The highest BCUT2D eigenvalue weighted by Gasteiger charge is 2.33. The van der Waals surface area contributed by atoms with E-state index in [1.165, 1.54) is 18.4 Å². The van der Waals surface area contributed by atoms with Crippen LogP contribution in [-0.2, 0) is 0 Å². The second-order valence-electron chi connectivity index (χ2n) is 7.39. The smallest absolute Gasteiger partial charge is 0.127 e. The highest BCUT2D eigenvalue weighted by atomic mass is 16.3. The van der Waals surface area contributed by atoms with Crippen LogP contribution in [0.1, 0.15) is 58.6 Å². The van der Waals surface area contributed by atoms with Gasteiger partial charge in [-0.05, 0) is 37.9 Å². The minimum Gasteiger partial charge on any atom is -0.377 e. The van der Waals surface area contributed by atoms with E-state index < -0.39 is 5.60 Å². The van der Waals surface area contributed by atoms with Gasteiger partial charge in [-0.2, -0.15) is 0 Å². The fourth-order valence-electron chi connectivity index (χ4n) is 2.63. The van der Waals surface area contributed by atoms with Crippen LogP contribution >= 0.6 is 0 Å². The van der Waals surface area contributed by atoms with Crippen LogP contribution in [0.25, 0.3) is 0 Å². The number of piperidine rings is 1. The molecular formula is C19H28N2O. The largest absolute Gasteiger partial charge is 0.377 e. The van der Waals surface area contributed by atoms with E-state index in [4.69, 9.17) is 0 Å². The van der Waals surface area contributed by atoms with Gasteiger partial charge in [0.25, 0.3) is 0 Å². The Morgan fingerprint density at radius 2 is 2.09 bits per heavy atom. The van der Waals surface area contributed by atoms with Crippen LogP contribution in [0.15, 0.2) is 24.5 Å². The summed E-state index contributed by atoms with van der Waals surface area (Å²) < 4.78 is 0. The van der Waals surface area contributed by atoms with E-state index in [1.807, 2.05) is 39.2 Å². The second kappa shape index (κ2) is 6.81. The SMILES string of the molecule is CC(C)(C)[C@](C)(O)C#CCN1CCCC[C@@H]1c1cccnc1. The highest BCUT2D eigenvalue weighted by molar-refractivity contribution is 5.19. The van der Waals surface area contributed by atoms with E-state index in [1.54, 1.807) is 6.92 Å². The maximum Gasteiger partial charge on any atom is 0.127 e. The molecular weight excluding hydrogens is 272 g/mol. The summed E-state index contributed by atoms with van der Waals surface area (Å²) in [5.74, 6) is 6.27. The molecule has 0 radical (unpaired) electrons. The average Bonchev–Trinajstić information content (AvgIpc) is 2.47. The first-order chi connectivity index (χ1) is 10.3. The molecule has 120 valence electrons. The molecule has 0 unspecified atom stereocenters. The van der Waals surface area contributed by atoms with Crippen molar-refractivity contribution in [3.63, 3.8) is 0 Å². The normalized spacial score (nSPS) is 22.5. The Morgan fingerprint density at radius 3 is 2.73 bits per heavy atom. The van der Waals surface area contributed by atoms with Crippen molar-refractivity contribution in [1.29, 1.82) is 0 Å². The summed E-state index contributed by atoms with van der Waals surface area (Å²) in [5, 5.41) is 10.5. The van der Waals surface area contributed by atoms with Crippen molar-refractivity contribution >= 4 is 0 Å². The molecule has 0 amide bonds. The predicted molar refractivity (Wildman–Crippen MR) is 90.3 cm³/mol. The molecule has 1 aliphatic heterocycles. The van der Waals surface area contributed by atoms with E-state index in [0.717, 1.165) is 13.0 Å². The summed E-state index contributed by atoms with van der Waals surface area (Å²) in [4.78, 5) is 6.65. The maximum absolute atomic E-state index is 10.5. The molecule has 0 spiro atoms. The molecule has 2 rings (SSSR count). The molecule has 2 heterocycles. The summed E-state index contributed by atoms with van der Waals surface area (Å²) >= 11 is 0. The fourth-order valence-corrected chi connectivity index (χ4v) is 2.63. The summed E-state index contributed by atoms with van der Waals surface area (Å²) in [7, 11) is 0. The number of pyridine rings is 1. The molecule has 0 bridgehead atoms. The fraction of sp³-hybridized carbons (Fsp3) is 0.632. The van der Waals surface area contributed by atoms with Gasteiger partial charge in [-0.1, -0.05) is 45.1 Å². The van der Waals surface area contributed by atoms with E-state index in [2.05, 4.69) is 27.8 Å². The average molecular weight is 300 g/mol. The first-order valence-corrected chi connectivity index (χ1v) is 8.18. The first-order valence-electron chi connectivity index (χ1n) is 8.18. The van der Waals surface area contributed by atoms with Crippen LogP contribution in [-0.4, -0.2) is 33.7 Å². The third-order valence-electron chi connectivity index (χ3n) is 4.76. The molecule has 1 aromatic rings. The zero-order valence-electron chi connectivity index (χ0n) is 14.3. The standard InChI is InChI=1S/C19H28N2O/c1-18(2,3)19(4,22)11-8-14-21-13-6-5-10-17(21)16-9-7-12-20-15-16/h7,9,12,15,17,22H,5-6,10,13-14H2,1-4H3/t17-,19-/m1/s1. The molecule has 1 fully saturated rings. The van der Waals surface area contributed by atoms with Crippen LogP contribution in [0.3, 0.4) is 0 Å². The second-order valence-corrected chi connectivity index (χ2v) is 7.39. The molecule has 22 heavy (non-hydrogen) atoms. The Hall–Kier alpha value is -1.37. The van der Waals surface area contributed by atoms with Crippen molar-refractivity contribution in [1.82, 2.24) is 9.88 Å². The van der Waals surface area contributed by atoms with E-state index >= 15 is 0 Å². The van der Waals surface area contributed by atoms with Gasteiger partial charge in [0.15, 0.2) is 0 Å². The van der Waals surface area contributed by atoms with Gasteiger partial charge in [-0.3, -0.25) is 9.88 Å². The van der Waals surface area contributed by atoms with Gasteiger partial charge in [0.2, 0.25) is 0 Å². The highest BCUT2D eigenvalue weighted by Crippen LogP contribution is 2.31. The number of likely N-dealkylation sites (tertiary alicyclic amines) is 1. The minimum atomic E-state index is -0.966. The lowest BCUT2D eigenvalue weighted by molar-refractivity contribution is 0.0127. The van der Waals surface area contributed by atoms with Gasteiger partial charge in [0.05, 0.1) is 6.54 Å². The van der Waals surface area contributed by atoms with Gasteiger partial charge in [-0.15, -0.1) is 0 Å². The van der Waals surface area contributed by atoms with Gasteiger partial charge < -0.3 is 5.11 Å². The van der Waals surface area contributed by atoms with E-state index in [9.17, 15) is 5.11 Å². The molecule has 0 saturated carbocycles. The summed E-state index contributed by atoms with van der Waals surface area (Å²) in [5.41, 5.74) is 0.0589. The number of hydrogen-bond acceptors (Lipinski definition) is 3. The number of aromatic nitrogens is 1. The molecule has 3 heteroatoms. The third kappa shape index (κ3) is 4.09. The van der Waals surface area contributed by atoms with Crippen molar-refractivity contribution in [3.05, 3.63) is 30.1 Å². The van der Waals surface area contributed by atoms with Gasteiger partial charge >= 0.3 is 0 Å². The van der Waals surface area contributed by atoms with Crippen LogP contribution in [0.5, 0.6) is 0 Å². The molecule has 2 atom stereocenters. The van der Waals surface area contributed by atoms with Crippen molar-refractivity contribution in [2.75, 3.05) is 13.1 Å². The summed E-state index contributed by atoms with van der Waals surface area (Å²) in [6.07, 6.45) is 7.40. The van der Waals surface area contributed by atoms with Crippen molar-refractivity contribution in [2.24, 2.45) is 5.41 Å². The van der Waals surface area contributed by atoms with Gasteiger partial charge in [-0.25, -0.2) is 0 Å². The quantitative estimate of drug-likeness (QED) is 0.850. The van der Waals surface area contributed by atoms with Gasteiger partial charge in [0.1, 0.15) is 5.60 Å². The molecule has 0 aromatic carbocycles. The maximum atomic E-state index is 10.5. The molecule has 3 nitrogen and oxygen atoms in total. The minimum absolute atomic E-state index is 0.245. The Morgan fingerprint density at radius 1 is 1.32 bits per heavy atom. The molecule has 1 aromatic heterocycles. The van der Waals surface area contributed by atoms with Crippen LogP contribution in [0, 0.1) is 17.3 Å². The molecule has 1 N–H and O–H groups in total. The Kier molecular flexibility index (Phi) is 5.26. The summed E-state index contributed by atoms with van der Waals surface area (Å²) in [6, 6.07) is 4.55. The van der Waals surface area contributed by atoms with Gasteiger partial charge in [0, 0.05) is 23.9 Å². The lowest BCUT2D eigenvalue weighted by Crippen LogP contribution is -2.38. The number of hydrogen-bond donors (Lipinski definition) is 1. The lowest BCUT2D eigenvalue weighted by Gasteiger charge is -2.35. The van der Waals surface area contributed by atoms with Crippen molar-refractivity contribution in [3.8, 4) is 11.8 Å². The molecule has 1 aliphatic rings. The predicted octanol–water partition coefficient (Wildman–Crippen LogP) is 3.41. The lowest BCUT2D eigenvalue weighted by atomic mass is 9.78. The Balaban J connectivity index is 2.08.